The van der Waals surface area contributed by atoms with Crippen LogP contribution in [0.25, 0.3) is 38.7 Å². The largest absolute Gasteiger partial charge is 3.00 e. The Morgan fingerprint density at radius 2 is 1.42 bits per heavy atom. The Bertz CT molecular complexity index is 1560. The third-order valence-corrected chi connectivity index (χ3v) is 7.23. The predicted octanol–water partition coefficient (Wildman–Crippen LogP) is 3.73. The van der Waals surface area contributed by atoms with Crippen LogP contribution in [0, 0.1) is 13.8 Å². The topological polar surface area (TPSA) is 0 Å². The maximum Gasteiger partial charge on any atom is 3.00 e. The molecule has 0 aromatic heterocycles. The molecule has 0 fully saturated rings. The first kappa shape index (κ1) is 32.4. The van der Waals surface area contributed by atoms with E-state index >= 15 is 0 Å². The summed E-state index contributed by atoms with van der Waals surface area (Å²) in [6.07, 6.45) is 3.53. The molecule has 0 heterocycles. The molecule has 0 amide bonds. The Morgan fingerprint density at radius 1 is 0.763 bits per heavy atom. The summed E-state index contributed by atoms with van der Waals surface area (Å²) < 4.78 is 0. The van der Waals surface area contributed by atoms with Gasteiger partial charge >= 0.3 is 26.2 Å². The van der Waals surface area contributed by atoms with Crippen LogP contribution in [0.5, 0.6) is 0 Å². The van der Waals surface area contributed by atoms with Crippen molar-refractivity contribution in [2.45, 2.75) is 46.2 Å². The Labute approximate surface area is 262 Å². The van der Waals surface area contributed by atoms with Gasteiger partial charge in [-0.1, -0.05) is 116 Å². The summed E-state index contributed by atoms with van der Waals surface area (Å²) in [6, 6.07) is 31.7. The molecule has 0 bridgehead atoms. The molecular formula is C34H33Cl2SiZr. The molecule has 191 valence electrons. The molecule has 0 nitrogen and oxygen atoms in total. The summed E-state index contributed by atoms with van der Waals surface area (Å²) in [4.78, 5) is 0. The van der Waals surface area contributed by atoms with Crippen molar-refractivity contribution in [2.75, 3.05) is 0 Å². The van der Waals surface area contributed by atoms with Crippen LogP contribution in [-0.2, 0) is 26.2 Å². The van der Waals surface area contributed by atoms with Gasteiger partial charge in [-0.2, -0.15) is 0 Å². The summed E-state index contributed by atoms with van der Waals surface area (Å²) in [6.45, 7) is 11.0. The maximum absolute atomic E-state index is 2.47. The number of aryl methyl sites for hydroxylation is 2. The van der Waals surface area contributed by atoms with Gasteiger partial charge in [0.1, 0.15) is 0 Å². The molecule has 1 aliphatic rings. The van der Waals surface area contributed by atoms with Crippen molar-refractivity contribution in [1.82, 2.24) is 0 Å². The molecule has 0 saturated heterocycles. The average molecular weight is 632 g/mol. The van der Waals surface area contributed by atoms with Gasteiger partial charge in [0, 0.05) is 15.4 Å². The molecule has 3 radical (unpaired) electrons. The van der Waals surface area contributed by atoms with E-state index in [0.717, 1.165) is 15.9 Å². The molecular weight excluding hydrogens is 599 g/mol. The van der Waals surface area contributed by atoms with Crippen LogP contribution in [0.1, 0.15) is 47.1 Å². The fourth-order valence-electron chi connectivity index (χ4n) is 5.74. The van der Waals surface area contributed by atoms with Crippen molar-refractivity contribution >= 4 is 37.1 Å². The molecule has 4 heteroatoms. The number of hydrogen-bond acceptors (Lipinski definition) is 0. The van der Waals surface area contributed by atoms with Gasteiger partial charge in [-0.05, 0) is 48.1 Å². The number of fused-ring (bicyclic) bond motifs is 4. The minimum atomic E-state index is 0. The van der Waals surface area contributed by atoms with Gasteiger partial charge in [-0.15, -0.1) is 33.7 Å². The first-order valence-corrected chi connectivity index (χ1v) is 14.6. The van der Waals surface area contributed by atoms with E-state index in [-0.39, 0.29) is 51.0 Å². The number of halogens is 2. The van der Waals surface area contributed by atoms with Crippen LogP contribution in [0.2, 0.25) is 13.1 Å². The van der Waals surface area contributed by atoms with E-state index in [1.165, 1.54) is 66.1 Å². The summed E-state index contributed by atoms with van der Waals surface area (Å²) in [5.41, 5.74) is 11.1. The summed E-state index contributed by atoms with van der Waals surface area (Å²) in [5.74, 6) is 0.321. The molecule has 0 N–H and O–H groups in total. The van der Waals surface area contributed by atoms with Crippen LogP contribution < -0.4 is 24.8 Å². The first-order valence-electron chi connectivity index (χ1n) is 12.6. The zero-order valence-electron chi connectivity index (χ0n) is 22.7. The maximum atomic E-state index is 2.47. The number of rotatable bonds is 3. The van der Waals surface area contributed by atoms with Crippen molar-refractivity contribution in [3.63, 3.8) is 0 Å². The van der Waals surface area contributed by atoms with E-state index in [0.29, 0.717) is 5.92 Å². The molecule has 5 aromatic rings. The van der Waals surface area contributed by atoms with Gasteiger partial charge in [0.15, 0.2) is 0 Å². The third kappa shape index (κ3) is 5.85. The molecule has 1 aliphatic carbocycles. The third-order valence-electron chi connectivity index (χ3n) is 7.23. The molecule has 1 atom stereocenters. The molecule has 5 aromatic carbocycles. The van der Waals surface area contributed by atoms with Crippen LogP contribution in [-0.4, -0.2) is 9.52 Å². The number of hydrogen-bond donors (Lipinski definition) is 0. The summed E-state index contributed by atoms with van der Waals surface area (Å²) in [7, 11) is 1.08. The van der Waals surface area contributed by atoms with E-state index in [2.05, 4.69) is 125 Å². The number of allylic oxidation sites excluding steroid dienone is 1. The van der Waals surface area contributed by atoms with Crippen molar-refractivity contribution in [3.05, 3.63) is 118 Å². The summed E-state index contributed by atoms with van der Waals surface area (Å²) >= 11 is 0. The monoisotopic (exact) mass is 629 g/mol. The molecule has 1 unspecified atom stereocenters. The zero-order valence-corrected chi connectivity index (χ0v) is 27.7. The van der Waals surface area contributed by atoms with Crippen molar-refractivity contribution in [2.24, 2.45) is 0 Å². The first-order chi connectivity index (χ1) is 17.1. The second kappa shape index (κ2) is 14.0. The second-order valence-corrected chi connectivity index (χ2v) is 10.7. The molecule has 0 aliphatic heterocycles. The minimum absolute atomic E-state index is 0. The molecule has 6 rings (SSSR count). The Kier molecular flexibility index (Phi) is 11.9. The minimum Gasteiger partial charge on any atom is -1.00 e. The Hall–Kier alpha value is -1.83. The van der Waals surface area contributed by atoms with Crippen LogP contribution in [0.15, 0.2) is 90.5 Å². The van der Waals surface area contributed by atoms with E-state index in [1.807, 2.05) is 0 Å². The molecule has 38 heavy (non-hydrogen) atoms. The van der Waals surface area contributed by atoms with Crippen molar-refractivity contribution in [3.8, 4) is 11.1 Å². The van der Waals surface area contributed by atoms with E-state index < -0.39 is 0 Å². The Morgan fingerprint density at radius 3 is 2.13 bits per heavy atom. The summed E-state index contributed by atoms with van der Waals surface area (Å²) in [5, 5.41) is 5.45. The van der Waals surface area contributed by atoms with Gasteiger partial charge in [0.2, 0.25) is 0 Å². The van der Waals surface area contributed by atoms with Crippen LogP contribution >= 0.6 is 0 Å². The van der Waals surface area contributed by atoms with Crippen LogP contribution in [0.3, 0.4) is 0 Å². The van der Waals surface area contributed by atoms with E-state index in [9.17, 15) is 0 Å². The smallest absolute Gasteiger partial charge is 1.00 e. The predicted molar refractivity (Wildman–Crippen MR) is 156 cm³/mol. The van der Waals surface area contributed by atoms with Crippen molar-refractivity contribution in [1.29, 1.82) is 0 Å². The molecule has 0 saturated carbocycles. The normalized spacial score (nSPS) is 13.4. The van der Waals surface area contributed by atoms with Gasteiger partial charge in [0.25, 0.3) is 0 Å². The number of benzene rings is 4. The fourth-order valence-corrected chi connectivity index (χ4v) is 5.74. The van der Waals surface area contributed by atoms with Gasteiger partial charge < -0.3 is 24.8 Å². The van der Waals surface area contributed by atoms with Gasteiger partial charge in [-0.25, -0.2) is 0 Å². The van der Waals surface area contributed by atoms with E-state index in [4.69, 9.17) is 0 Å². The Balaban J connectivity index is 0.000000809. The quantitative estimate of drug-likeness (QED) is 0.211. The average Bonchev–Trinajstić information content (AvgIpc) is 3.43. The van der Waals surface area contributed by atoms with Gasteiger partial charge in [-0.3, -0.25) is 0 Å². The van der Waals surface area contributed by atoms with Crippen molar-refractivity contribution < 1.29 is 51.0 Å². The standard InChI is InChI=1S/C32H27.C2H6Si.2ClH.Zr/c1-4-22-18-30-26(24-16-15-20(2)17-21(24)3)11-7-13-28(30)32(22)29-14-8-12-27-25-10-6-5-9-23(25)19-31(27)29;1-3-2;;;/h5-19,32H,4H2,1-3H3;1-2H3;2*1H;/q-1;;;;+3/p-2. The second-order valence-electron chi connectivity index (χ2n) is 9.67. The molecule has 0 spiro atoms. The SMILES string of the molecule is CCC1=Cc2c(-c3ccc(C)cc3C)cccc2C1c1cccc2c1[cH-]c1ccccc12.C[Si]C.[Cl-].[Cl-].[Zr+3]. The van der Waals surface area contributed by atoms with Gasteiger partial charge in [0.05, 0.1) is 0 Å². The zero-order chi connectivity index (χ0) is 24.5. The van der Waals surface area contributed by atoms with E-state index in [1.54, 1.807) is 0 Å². The fraction of sp³-hybridized carbons (Fsp3) is 0.206. The van der Waals surface area contributed by atoms with Crippen LogP contribution in [0.4, 0.5) is 0 Å².